The van der Waals surface area contributed by atoms with Gasteiger partial charge in [-0.05, 0) is 65.5 Å². The van der Waals surface area contributed by atoms with Crippen LogP contribution in [0.1, 0.15) is 35.0 Å². The van der Waals surface area contributed by atoms with Crippen LogP contribution in [0.25, 0.3) is 0 Å². The first-order valence-corrected chi connectivity index (χ1v) is 8.44. The molecule has 0 unspecified atom stereocenters. The highest BCUT2D eigenvalue weighted by molar-refractivity contribution is 9.10. The summed E-state index contributed by atoms with van der Waals surface area (Å²) in [7, 11) is 0. The van der Waals surface area contributed by atoms with Crippen molar-refractivity contribution < 1.29 is 4.79 Å². The van der Waals surface area contributed by atoms with Gasteiger partial charge in [0.15, 0.2) is 0 Å². The maximum atomic E-state index is 12.5. The summed E-state index contributed by atoms with van der Waals surface area (Å²) < 4.78 is 3.97. The molecule has 0 saturated carbocycles. The number of hydrogen-bond acceptors (Lipinski definition) is 1. The van der Waals surface area contributed by atoms with E-state index in [-0.39, 0.29) is 5.91 Å². The first-order valence-electron chi connectivity index (χ1n) is 6.86. The third-order valence-corrected chi connectivity index (χ3v) is 4.94. The number of aryl methyl sites for hydroxylation is 3. The van der Waals surface area contributed by atoms with Crippen LogP contribution in [0.4, 0.5) is 5.69 Å². The molecule has 21 heavy (non-hydrogen) atoms. The molecule has 1 aromatic heterocycles. The highest BCUT2D eigenvalue weighted by Gasteiger charge is 2.13. The first-order chi connectivity index (χ1) is 9.92. The van der Waals surface area contributed by atoms with E-state index in [0.717, 1.165) is 38.7 Å². The normalized spacial score (nSPS) is 10.7. The molecule has 0 bridgehead atoms. The zero-order valence-corrected chi connectivity index (χ0v) is 15.5. The predicted molar refractivity (Wildman–Crippen MR) is 94.0 cm³/mol. The maximum absolute atomic E-state index is 12.5. The van der Waals surface area contributed by atoms with Gasteiger partial charge in [0.25, 0.3) is 5.91 Å². The predicted octanol–water partition coefficient (Wildman–Crippen LogP) is 5.29. The van der Waals surface area contributed by atoms with Gasteiger partial charge in [-0.15, -0.1) is 0 Å². The lowest BCUT2D eigenvalue weighted by atomic mass is 10.1. The molecular formula is C16H18Br2N2O. The number of hydrogen-bond donors (Lipinski definition) is 1. The molecule has 0 atom stereocenters. The van der Waals surface area contributed by atoms with Gasteiger partial charge in [-0.25, -0.2) is 0 Å². The number of nitrogens with one attached hydrogen (secondary N) is 1. The Morgan fingerprint density at radius 2 is 1.81 bits per heavy atom. The highest BCUT2D eigenvalue weighted by atomic mass is 79.9. The van der Waals surface area contributed by atoms with Crippen LogP contribution < -0.4 is 5.32 Å². The van der Waals surface area contributed by atoms with Gasteiger partial charge in [0.2, 0.25) is 0 Å². The summed E-state index contributed by atoms with van der Waals surface area (Å²) in [5, 5.41) is 2.98. The Hall–Kier alpha value is -1.07. The Kier molecular flexibility index (Phi) is 5.27. The highest BCUT2D eigenvalue weighted by Crippen LogP contribution is 2.25. The Bertz CT molecular complexity index is 654. The smallest absolute Gasteiger partial charge is 0.272 e. The fraction of sp³-hybridized carbons (Fsp3) is 0.312. The van der Waals surface area contributed by atoms with E-state index in [4.69, 9.17) is 0 Å². The van der Waals surface area contributed by atoms with Gasteiger partial charge in [0.05, 0.1) is 0 Å². The lowest BCUT2D eigenvalue weighted by molar-refractivity contribution is 0.101. The number of carbonyl (C=O) groups is 1. The molecule has 112 valence electrons. The number of nitrogens with zero attached hydrogens (tertiary/aromatic N) is 1. The molecular weight excluding hydrogens is 396 g/mol. The van der Waals surface area contributed by atoms with Gasteiger partial charge in [0.1, 0.15) is 5.69 Å². The van der Waals surface area contributed by atoms with Crippen LogP contribution >= 0.6 is 31.9 Å². The van der Waals surface area contributed by atoms with Crippen molar-refractivity contribution in [1.29, 1.82) is 0 Å². The lowest BCUT2D eigenvalue weighted by Crippen LogP contribution is -2.17. The summed E-state index contributed by atoms with van der Waals surface area (Å²) in [6.45, 7) is 6.95. The molecule has 1 heterocycles. The molecule has 0 fully saturated rings. The third-order valence-electron chi connectivity index (χ3n) is 3.25. The molecule has 2 aromatic rings. The summed E-state index contributed by atoms with van der Waals surface area (Å²) >= 11 is 6.97. The quantitative estimate of drug-likeness (QED) is 0.725. The first kappa shape index (κ1) is 16.3. The van der Waals surface area contributed by atoms with Crippen LogP contribution in [0.3, 0.4) is 0 Å². The zero-order valence-electron chi connectivity index (χ0n) is 12.3. The van der Waals surface area contributed by atoms with E-state index in [0.29, 0.717) is 5.69 Å². The fourth-order valence-electron chi connectivity index (χ4n) is 2.30. The zero-order chi connectivity index (χ0) is 15.6. The van der Waals surface area contributed by atoms with E-state index in [1.54, 1.807) is 0 Å². The molecule has 0 radical (unpaired) electrons. The minimum atomic E-state index is -0.0877. The monoisotopic (exact) mass is 412 g/mol. The van der Waals surface area contributed by atoms with Crippen LogP contribution in [0, 0.1) is 13.8 Å². The summed E-state index contributed by atoms with van der Waals surface area (Å²) in [5.41, 5.74) is 3.70. The van der Waals surface area contributed by atoms with Crippen molar-refractivity contribution in [3.8, 4) is 0 Å². The minimum absolute atomic E-state index is 0.0877. The number of rotatable bonds is 4. The second kappa shape index (κ2) is 6.79. The van der Waals surface area contributed by atoms with Gasteiger partial charge in [-0.2, -0.15) is 0 Å². The van der Waals surface area contributed by atoms with Crippen molar-refractivity contribution in [3.05, 3.63) is 50.2 Å². The van der Waals surface area contributed by atoms with E-state index in [1.165, 1.54) is 0 Å². The Morgan fingerprint density at radius 1 is 1.19 bits per heavy atom. The van der Waals surface area contributed by atoms with E-state index >= 15 is 0 Å². The van der Waals surface area contributed by atoms with E-state index < -0.39 is 0 Å². The van der Waals surface area contributed by atoms with Crippen molar-refractivity contribution in [3.63, 3.8) is 0 Å². The van der Waals surface area contributed by atoms with E-state index in [2.05, 4.69) is 44.1 Å². The number of aromatic nitrogens is 1. The third kappa shape index (κ3) is 3.77. The molecule has 0 aliphatic rings. The Balaban J connectivity index is 2.26. The van der Waals surface area contributed by atoms with Crippen molar-refractivity contribution >= 4 is 43.5 Å². The average Bonchev–Trinajstić information content (AvgIpc) is 2.77. The van der Waals surface area contributed by atoms with Gasteiger partial charge >= 0.3 is 0 Å². The number of carbonyl (C=O) groups excluding carboxylic acids is 1. The largest absolute Gasteiger partial charge is 0.342 e. The Morgan fingerprint density at radius 3 is 2.38 bits per heavy atom. The number of amides is 1. The molecule has 3 nitrogen and oxygen atoms in total. The van der Waals surface area contributed by atoms with E-state index in [9.17, 15) is 4.79 Å². The number of benzene rings is 1. The van der Waals surface area contributed by atoms with E-state index in [1.807, 2.05) is 42.8 Å². The Labute approximate surface area is 142 Å². The van der Waals surface area contributed by atoms with Crippen LogP contribution in [-0.4, -0.2) is 10.5 Å². The molecule has 1 amide bonds. The summed E-state index contributed by atoms with van der Waals surface area (Å²) in [6.07, 6.45) is 2.92. The fourth-order valence-corrected chi connectivity index (χ4v) is 3.00. The average molecular weight is 414 g/mol. The lowest BCUT2D eigenvalue weighted by Gasteiger charge is -2.11. The molecule has 1 N–H and O–H groups in total. The molecule has 0 aliphatic carbocycles. The van der Waals surface area contributed by atoms with Crippen LogP contribution in [-0.2, 0) is 6.54 Å². The van der Waals surface area contributed by atoms with Gasteiger partial charge < -0.3 is 9.88 Å². The van der Waals surface area contributed by atoms with Crippen LogP contribution in [0.15, 0.2) is 33.3 Å². The van der Waals surface area contributed by atoms with Crippen molar-refractivity contribution in [2.45, 2.75) is 33.7 Å². The van der Waals surface area contributed by atoms with Crippen LogP contribution in [0.2, 0.25) is 0 Å². The minimum Gasteiger partial charge on any atom is -0.342 e. The SMILES string of the molecule is CCCn1cc(Br)cc1C(=O)Nc1cc(C)c(Br)c(C)c1. The number of anilines is 1. The van der Waals surface area contributed by atoms with Crippen molar-refractivity contribution in [1.82, 2.24) is 4.57 Å². The number of halogens is 2. The van der Waals surface area contributed by atoms with Crippen molar-refractivity contribution in [2.24, 2.45) is 0 Å². The summed E-state index contributed by atoms with van der Waals surface area (Å²) in [4.78, 5) is 12.5. The van der Waals surface area contributed by atoms with Gasteiger partial charge in [0, 0.05) is 27.4 Å². The van der Waals surface area contributed by atoms with Gasteiger partial charge in [-0.3, -0.25) is 4.79 Å². The molecule has 0 aliphatic heterocycles. The molecule has 0 spiro atoms. The van der Waals surface area contributed by atoms with Crippen LogP contribution in [0.5, 0.6) is 0 Å². The van der Waals surface area contributed by atoms with Crippen molar-refractivity contribution in [2.75, 3.05) is 5.32 Å². The second-order valence-corrected chi connectivity index (χ2v) is 6.82. The standard InChI is InChI=1S/C16H18Br2N2O/c1-4-5-20-9-12(17)8-14(20)16(21)19-13-6-10(2)15(18)11(3)7-13/h6-9H,4-5H2,1-3H3,(H,19,21). The molecule has 0 saturated heterocycles. The summed E-state index contributed by atoms with van der Waals surface area (Å²) in [5.74, 6) is -0.0877. The summed E-state index contributed by atoms with van der Waals surface area (Å²) in [6, 6.07) is 5.79. The molecule has 2 rings (SSSR count). The second-order valence-electron chi connectivity index (χ2n) is 5.12. The van der Waals surface area contributed by atoms with Gasteiger partial charge in [-0.1, -0.05) is 22.9 Å². The molecule has 1 aromatic carbocycles. The topological polar surface area (TPSA) is 34.0 Å². The molecule has 5 heteroatoms. The maximum Gasteiger partial charge on any atom is 0.272 e.